The van der Waals surface area contributed by atoms with Crippen molar-refractivity contribution in [2.75, 3.05) is 11.1 Å². The van der Waals surface area contributed by atoms with E-state index >= 15 is 0 Å². The molecule has 3 aromatic rings. The van der Waals surface area contributed by atoms with Gasteiger partial charge in [0.15, 0.2) is 5.13 Å². The summed E-state index contributed by atoms with van der Waals surface area (Å²) in [5.41, 5.74) is 1.97. The molecule has 0 bridgehead atoms. The number of carbonyl (C=O) groups excluding carboxylic acids is 1. The summed E-state index contributed by atoms with van der Waals surface area (Å²) in [5, 5.41) is 5.37. The number of hydrogen-bond donors (Lipinski definition) is 2. The summed E-state index contributed by atoms with van der Waals surface area (Å²) in [6.45, 7) is 2.04. The van der Waals surface area contributed by atoms with Gasteiger partial charge in [-0.3, -0.25) is 4.79 Å². The highest BCUT2D eigenvalue weighted by Crippen LogP contribution is 2.27. The third kappa shape index (κ3) is 3.43. The van der Waals surface area contributed by atoms with Gasteiger partial charge in [0.05, 0.1) is 22.0 Å². The van der Waals surface area contributed by atoms with E-state index < -0.39 is 0 Å². The van der Waals surface area contributed by atoms with Gasteiger partial charge in [-0.2, -0.15) is 0 Å². The fraction of sp³-hybridized carbons (Fsp3) is 0.214. The average molecular weight is 318 g/mol. The maximum Gasteiger partial charge on any atom is 0.236 e. The number of thioether (sulfide) groups is 1. The largest absolute Gasteiger partial charge is 0.341 e. The molecule has 2 aromatic heterocycles. The van der Waals surface area contributed by atoms with Crippen molar-refractivity contribution in [3.05, 3.63) is 41.7 Å². The molecule has 0 fully saturated rings. The van der Waals surface area contributed by atoms with Gasteiger partial charge in [0.25, 0.3) is 0 Å². The number of thiazole rings is 1. The lowest BCUT2D eigenvalue weighted by Crippen LogP contribution is -2.14. The highest BCUT2D eigenvalue weighted by molar-refractivity contribution is 8.00. The molecule has 3 rings (SSSR count). The van der Waals surface area contributed by atoms with Crippen molar-refractivity contribution in [2.24, 2.45) is 0 Å². The molecule has 2 N–H and O–H groups in total. The summed E-state index contributed by atoms with van der Waals surface area (Å²) in [5.74, 6) is 1.22. The number of para-hydroxylation sites is 2. The van der Waals surface area contributed by atoms with E-state index in [2.05, 4.69) is 20.3 Å². The van der Waals surface area contributed by atoms with Crippen LogP contribution in [-0.2, 0) is 4.79 Å². The molecule has 0 saturated heterocycles. The Morgan fingerprint density at radius 1 is 1.48 bits per heavy atom. The van der Waals surface area contributed by atoms with Gasteiger partial charge >= 0.3 is 0 Å². The van der Waals surface area contributed by atoms with Gasteiger partial charge in [0, 0.05) is 11.6 Å². The van der Waals surface area contributed by atoms with E-state index in [1.54, 1.807) is 18.0 Å². The van der Waals surface area contributed by atoms with E-state index in [9.17, 15) is 4.79 Å². The van der Waals surface area contributed by atoms with E-state index in [1.165, 1.54) is 11.3 Å². The number of hydrogen-bond acceptors (Lipinski definition) is 5. The van der Waals surface area contributed by atoms with Crippen LogP contribution in [0.3, 0.4) is 0 Å². The second-order valence-corrected chi connectivity index (χ2v) is 6.70. The molecule has 0 saturated carbocycles. The van der Waals surface area contributed by atoms with E-state index in [4.69, 9.17) is 0 Å². The zero-order valence-electron chi connectivity index (χ0n) is 11.4. The molecule has 1 aromatic carbocycles. The van der Waals surface area contributed by atoms with Gasteiger partial charge in [-0.15, -0.1) is 23.1 Å². The molecular formula is C14H14N4OS2. The molecule has 0 unspecified atom stereocenters. The Morgan fingerprint density at radius 3 is 3.10 bits per heavy atom. The number of nitrogens with zero attached hydrogens (tertiary/aromatic N) is 2. The predicted molar refractivity (Wildman–Crippen MR) is 87.7 cm³/mol. The molecule has 2 heterocycles. The highest BCUT2D eigenvalue weighted by atomic mass is 32.2. The number of rotatable bonds is 5. The zero-order valence-corrected chi connectivity index (χ0v) is 13.0. The number of carbonyl (C=O) groups is 1. The third-order valence-corrected chi connectivity index (χ3v) is 4.78. The first-order valence-corrected chi connectivity index (χ1v) is 8.41. The Labute approximate surface area is 130 Å². The molecule has 1 amide bonds. The molecule has 108 valence electrons. The van der Waals surface area contributed by atoms with Crippen LogP contribution in [-0.4, -0.2) is 26.6 Å². The fourth-order valence-corrected chi connectivity index (χ4v) is 3.17. The summed E-state index contributed by atoms with van der Waals surface area (Å²) in [6, 6.07) is 7.91. The summed E-state index contributed by atoms with van der Waals surface area (Å²) < 4.78 is 0. The normalized spacial score (nSPS) is 12.4. The number of H-pyrrole nitrogens is 1. The minimum absolute atomic E-state index is 0.0436. The Bertz CT molecular complexity index is 705. The monoisotopic (exact) mass is 318 g/mol. The standard InChI is InChI=1S/C14H14N4OS2/c1-9(13-16-10-4-2-3-5-11(10)17-13)21-8-12(19)18-14-15-6-7-20-14/h2-7,9H,8H2,1H3,(H,16,17)(H,15,18,19)/t9-/m1/s1. The molecule has 21 heavy (non-hydrogen) atoms. The van der Waals surface area contributed by atoms with Crippen molar-refractivity contribution >= 4 is 45.2 Å². The number of fused-ring (bicyclic) bond motifs is 1. The quantitative estimate of drug-likeness (QED) is 0.756. The Morgan fingerprint density at radius 2 is 2.33 bits per heavy atom. The average Bonchev–Trinajstić information content (AvgIpc) is 3.13. The van der Waals surface area contributed by atoms with Crippen LogP contribution in [0.2, 0.25) is 0 Å². The maximum absolute atomic E-state index is 11.8. The summed E-state index contributed by atoms with van der Waals surface area (Å²) in [7, 11) is 0. The first kappa shape index (κ1) is 14.1. The maximum atomic E-state index is 11.8. The molecular weight excluding hydrogens is 304 g/mol. The molecule has 0 radical (unpaired) electrons. The molecule has 0 aliphatic carbocycles. The van der Waals surface area contributed by atoms with Crippen molar-refractivity contribution in [3.8, 4) is 0 Å². The number of aromatic amines is 1. The molecule has 7 heteroatoms. The van der Waals surface area contributed by atoms with E-state index in [1.807, 2.05) is 36.6 Å². The second kappa shape index (κ2) is 6.28. The first-order valence-electron chi connectivity index (χ1n) is 6.48. The molecule has 0 aliphatic heterocycles. The minimum atomic E-state index is -0.0436. The summed E-state index contributed by atoms with van der Waals surface area (Å²) in [4.78, 5) is 23.7. The van der Waals surface area contributed by atoms with Gasteiger partial charge in [-0.25, -0.2) is 9.97 Å². The van der Waals surface area contributed by atoms with Crippen molar-refractivity contribution in [2.45, 2.75) is 12.2 Å². The van der Waals surface area contributed by atoms with Crippen molar-refractivity contribution in [1.29, 1.82) is 0 Å². The van der Waals surface area contributed by atoms with Crippen LogP contribution in [0, 0.1) is 0 Å². The Balaban J connectivity index is 1.58. The van der Waals surface area contributed by atoms with Gasteiger partial charge in [-0.05, 0) is 19.1 Å². The number of amides is 1. The lowest BCUT2D eigenvalue weighted by atomic mass is 10.3. The first-order chi connectivity index (χ1) is 10.2. The van der Waals surface area contributed by atoms with Crippen LogP contribution >= 0.6 is 23.1 Å². The van der Waals surface area contributed by atoms with Crippen LogP contribution in [0.1, 0.15) is 18.0 Å². The van der Waals surface area contributed by atoms with Crippen molar-refractivity contribution < 1.29 is 4.79 Å². The number of imidazole rings is 1. The molecule has 0 spiro atoms. The lowest BCUT2D eigenvalue weighted by Gasteiger charge is -2.07. The highest BCUT2D eigenvalue weighted by Gasteiger charge is 2.13. The van der Waals surface area contributed by atoms with Gasteiger partial charge in [-0.1, -0.05) is 12.1 Å². The van der Waals surface area contributed by atoms with Crippen LogP contribution < -0.4 is 5.32 Å². The minimum Gasteiger partial charge on any atom is -0.341 e. The van der Waals surface area contributed by atoms with E-state index in [-0.39, 0.29) is 11.2 Å². The number of benzene rings is 1. The number of aromatic nitrogens is 3. The molecule has 5 nitrogen and oxygen atoms in total. The van der Waals surface area contributed by atoms with E-state index in [0.29, 0.717) is 10.9 Å². The fourth-order valence-electron chi connectivity index (χ4n) is 1.89. The topological polar surface area (TPSA) is 70.7 Å². The van der Waals surface area contributed by atoms with Crippen LogP contribution in [0.5, 0.6) is 0 Å². The Kier molecular flexibility index (Phi) is 4.21. The smallest absolute Gasteiger partial charge is 0.236 e. The van der Waals surface area contributed by atoms with Gasteiger partial charge < -0.3 is 10.3 Å². The SMILES string of the molecule is C[C@@H](SCC(=O)Nc1nccs1)c1nc2ccccc2[nH]1. The van der Waals surface area contributed by atoms with Crippen molar-refractivity contribution in [1.82, 2.24) is 15.0 Å². The lowest BCUT2D eigenvalue weighted by molar-refractivity contribution is -0.113. The van der Waals surface area contributed by atoms with Crippen LogP contribution in [0.15, 0.2) is 35.8 Å². The molecule has 1 atom stereocenters. The Hall–Kier alpha value is -1.86. The third-order valence-electron chi connectivity index (χ3n) is 2.94. The van der Waals surface area contributed by atoms with Gasteiger partial charge in [0.1, 0.15) is 5.82 Å². The van der Waals surface area contributed by atoms with Crippen LogP contribution in [0.25, 0.3) is 11.0 Å². The number of nitrogens with one attached hydrogen (secondary N) is 2. The molecule has 0 aliphatic rings. The van der Waals surface area contributed by atoms with Crippen molar-refractivity contribution in [3.63, 3.8) is 0 Å². The predicted octanol–water partition coefficient (Wildman–Crippen LogP) is 3.45. The number of anilines is 1. The summed E-state index contributed by atoms with van der Waals surface area (Å²) in [6.07, 6.45) is 1.67. The second-order valence-electron chi connectivity index (χ2n) is 4.48. The zero-order chi connectivity index (χ0) is 14.7. The van der Waals surface area contributed by atoms with Gasteiger partial charge in [0.2, 0.25) is 5.91 Å². The summed E-state index contributed by atoms with van der Waals surface area (Å²) >= 11 is 2.96. The van der Waals surface area contributed by atoms with Crippen LogP contribution in [0.4, 0.5) is 5.13 Å². The van der Waals surface area contributed by atoms with E-state index in [0.717, 1.165) is 16.9 Å².